The molecule has 4 aromatic rings. The Morgan fingerprint density at radius 3 is 2.67 bits per heavy atom. The van der Waals surface area contributed by atoms with Crippen LogP contribution >= 0.6 is 12.2 Å². The summed E-state index contributed by atoms with van der Waals surface area (Å²) in [6, 6.07) is 18.6. The van der Waals surface area contributed by atoms with E-state index in [1.807, 2.05) is 41.0 Å². The molecule has 2 N–H and O–H groups in total. The number of carbonyl (C=O) groups excluding carboxylic acids is 1. The third-order valence-corrected chi connectivity index (χ3v) is 5.64. The summed E-state index contributed by atoms with van der Waals surface area (Å²) in [6.45, 7) is 0.373. The average molecular weight is 419 g/mol. The molecule has 8 heteroatoms. The van der Waals surface area contributed by atoms with Gasteiger partial charge in [-0.1, -0.05) is 30.3 Å². The summed E-state index contributed by atoms with van der Waals surface area (Å²) in [5.41, 5.74) is 3.01. The van der Waals surface area contributed by atoms with E-state index in [1.54, 1.807) is 0 Å². The van der Waals surface area contributed by atoms with Gasteiger partial charge in [0.15, 0.2) is 10.6 Å². The highest BCUT2D eigenvalue weighted by Gasteiger charge is 2.27. The summed E-state index contributed by atoms with van der Waals surface area (Å²) in [5.74, 6) is 1.63. The van der Waals surface area contributed by atoms with Crippen molar-refractivity contribution >= 4 is 29.2 Å². The second-order valence-corrected chi connectivity index (χ2v) is 7.90. The first-order valence-electron chi connectivity index (χ1n) is 10.1. The van der Waals surface area contributed by atoms with Crippen LogP contribution in [-0.2, 0) is 17.8 Å². The minimum atomic E-state index is -0.0297. The molecule has 1 saturated carbocycles. The van der Waals surface area contributed by atoms with Crippen molar-refractivity contribution in [1.82, 2.24) is 29.6 Å². The second kappa shape index (κ2) is 7.87. The van der Waals surface area contributed by atoms with E-state index in [1.165, 1.54) is 0 Å². The Hall–Kier alpha value is -3.26. The van der Waals surface area contributed by atoms with Gasteiger partial charge >= 0.3 is 0 Å². The molecule has 1 fully saturated rings. The van der Waals surface area contributed by atoms with Crippen molar-refractivity contribution < 1.29 is 4.79 Å². The first-order chi connectivity index (χ1) is 14.7. The third-order valence-electron chi connectivity index (χ3n) is 5.35. The van der Waals surface area contributed by atoms with Crippen molar-refractivity contribution in [2.24, 2.45) is 0 Å². The van der Waals surface area contributed by atoms with Crippen LogP contribution in [0.2, 0.25) is 0 Å². The molecule has 0 saturated heterocycles. The summed E-state index contributed by atoms with van der Waals surface area (Å²) < 4.78 is 4.77. The molecule has 1 aliphatic rings. The quantitative estimate of drug-likeness (QED) is 0.447. The monoisotopic (exact) mass is 418 g/mol. The number of amides is 1. The SMILES string of the molecule is O=C(CCc1nc2ccccc2n1-c1ccccc1)NCc1n[nH]c(=S)n1C1CC1. The number of carbonyl (C=O) groups is 1. The maximum Gasteiger partial charge on any atom is 0.220 e. The van der Waals surface area contributed by atoms with Crippen LogP contribution in [0.3, 0.4) is 0 Å². The largest absolute Gasteiger partial charge is 0.349 e. The Labute approximate surface area is 178 Å². The zero-order valence-electron chi connectivity index (χ0n) is 16.4. The average Bonchev–Trinajstić information content (AvgIpc) is 3.43. The van der Waals surface area contributed by atoms with Gasteiger partial charge in [0.2, 0.25) is 5.91 Å². The molecule has 2 aromatic carbocycles. The van der Waals surface area contributed by atoms with Gasteiger partial charge < -0.3 is 5.32 Å². The smallest absolute Gasteiger partial charge is 0.220 e. The summed E-state index contributed by atoms with van der Waals surface area (Å²) in [6.07, 6.45) is 3.13. The van der Waals surface area contributed by atoms with Gasteiger partial charge in [-0.2, -0.15) is 5.10 Å². The molecule has 1 amide bonds. The van der Waals surface area contributed by atoms with E-state index in [4.69, 9.17) is 17.2 Å². The maximum absolute atomic E-state index is 12.5. The standard InChI is InChI=1S/C22H22N6OS/c29-21(23-14-20-25-26-22(30)28(20)16-10-11-16)13-12-19-24-17-8-4-5-9-18(17)27(19)15-6-2-1-3-7-15/h1-9,16H,10-14H2,(H,23,29)(H,26,30). The summed E-state index contributed by atoms with van der Waals surface area (Å²) in [5, 5.41) is 10.1. The number of aromatic amines is 1. The van der Waals surface area contributed by atoms with Crippen molar-refractivity contribution in [3.8, 4) is 5.69 Å². The first-order valence-corrected chi connectivity index (χ1v) is 10.6. The van der Waals surface area contributed by atoms with E-state index < -0.39 is 0 Å². The number of para-hydroxylation sites is 3. The van der Waals surface area contributed by atoms with Gasteiger partial charge in [0.25, 0.3) is 0 Å². The highest BCUT2D eigenvalue weighted by atomic mass is 32.1. The number of nitrogens with one attached hydrogen (secondary N) is 2. The zero-order valence-corrected chi connectivity index (χ0v) is 17.2. The fraction of sp³-hybridized carbons (Fsp3) is 0.273. The van der Waals surface area contributed by atoms with E-state index in [0.717, 1.165) is 41.2 Å². The normalized spacial score (nSPS) is 13.6. The van der Waals surface area contributed by atoms with Crippen LogP contribution in [0.25, 0.3) is 16.7 Å². The van der Waals surface area contributed by atoms with E-state index in [-0.39, 0.29) is 5.91 Å². The van der Waals surface area contributed by atoms with Gasteiger partial charge in [-0.25, -0.2) is 4.98 Å². The molecule has 30 heavy (non-hydrogen) atoms. The van der Waals surface area contributed by atoms with Crippen molar-refractivity contribution in [1.29, 1.82) is 0 Å². The molecule has 7 nitrogen and oxygen atoms in total. The number of aromatic nitrogens is 5. The number of H-pyrrole nitrogens is 1. The zero-order chi connectivity index (χ0) is 20.5. The second-order valence-electron chi connectivity index (χ2n) is 7.51. The summed E-state index contributed by atoms with van der Waals surface area (Å²) in [7, 11) is 0. The number of fused-ring (bicyclic) bond motifs is 1. The Kier molecular flexibility index (Phi) is 4.92. The van der Waals surface area contributed by atoms with Crippen LogP contribution in [-0.4, -0.2) is 30.2 Å². The molecular weight excluding hydrogens is 396 g/mol. The van der Waals surface area contributed by atoms with Gasteiger partial charge in [0.05, 0.1) is 17.6 Å². The minimum Gasteiger partial charge on any atom is -0.349 e. The van der Waals surface area contributed by atoms with Gasteiger partial charge in [0, 0.05) is 24.6 Å². The van der Waals surface area contributed by atoms with Crippen LogP contribution in [0, 0.1) is 4.77 Å². The lowest BCUT2D eigenvalue weighted by Crippen LogP contribution is -2.25. The minimum absolute atomic E-state index is 0.0297. The molecule has 0 spiro atoms. The van der Waals surface area contributed by atoms with Crippen LogP contribution in [0.5, 0.6) is 0 Å². The van der Waals surface area contributed by atoms with Gasteiger partial charge in [-0.05, 0) is 49.3 Å². The topological polar surface area (TPSA) is 80.5 Å². The molecule has 152 valence electrons. The number of hydrogen-bond acceptors (Lipinski definition) is 4. The molecule has 5 rings (SSSR count). The van der Waals surface area contributed by atoms with Crippen molar-refractivity contribution in [3.05, 3.63) is 71.0 Å². The molecule has 2 heterocycles. The molecule has 0 aliphatic heterocycles. The predicted molar refractivity (Wildman–Crippen MR) is 117 cm³/mol. The third kappa shape index (κ3) is 3.66. The number of imidazole rings is 1. The maximum atomic E-state index is 12.5. The number of nitrogens with zero attached hydrogens (tertiary/aromatic N) is 4. The summed E-state index contributed by atoms with van der Waals surface area (Å²) in [4.78, 5) is 17.3. The van der Waals surface area contributed by atoms with Crippen molar-refractivity contribution in [2.75, 3.05) is 0 Å². The van der Waals surface area contributed by atoms with Crippen LogP contribution in [0.15, 0.2) is 54.6 Å². The Morgan fingerprint density at radius 1 is 1.10 bits per heavy atom. The van der Waals surface area contributed by atoms with Crippen molar-refractivity contribution in [2.45, 2.75) is 38.3 Å². The van der Waals surface area contributed by atoms with E-state index in [2.05, 4.69) is 38.3 Å². The van der Waals surface area contributed by atoms with E-state index in [9.17, 15) is 4.79 Å². The Morgan fingerprint density at radius 2 is 1.87 bits per heavy atom. The van der Waals surface area contributed by atoms with Crippen LogP contribution in [0.4, 0.5) is 0 Å². The molecule has 0 radical (unpaired) electrons. The molecular formula is C22H22N6OS. The Bertz CT molecular complexity index is 1250. The first kappa shape index (κ1) is 18.7. The Balaban J connectivity index is 1.31. The molecule has 0 bridgehead atoms. The molecule has 0 unspecified atom stereocenters. The van der Waals surface area contributed by atoms with Crippen LogP contribution in [0.1, 0.15) is 37.0 Å². The predicted octanol–water partition coefficient (Wildman–Crippen LogP) is 3.86. The van der Waals surface area contributed by atoms with Gasteiger partial charge in [0.1, 0.15) is 5.82 Å². The van der Waals surface area contributed by atoms with Crippen molar-refractivity contribution in [3.63, 3.8) is 0 Å². The lowest BCUT2D eigenvalue weighted by atomic mass is 10.2. The lowest BCUT2D eigenvalue weighted by molar-refractivity contribution is -0.121. The highest BCUT2D eigenvalue weighted by molar-refractivity contribution is 7.71. The fourth-order valence-corrected chi connectivity index (χ4v) is 4.07. The van der Waals surface area contributed by atoms with Gasteiger partial charge in [-0.15, -0.1) is 0 Å². The number of rotatable bonds is 7. The van der Waals surface area contributed by atoms with Crippen LogP contribution < -0.4 is 5.32 Å². The molecule has 0 atom stereocenters. The molecule has 1 aliphatic carbocycles. The summed E-state index contributed by atoms with van der Waals surface area (Å²) >= 11 is 5.30. The van der Waals surface area contributed by atoms with Gasteiger partial charge in [-0.3, -0.25) is 19.0 Å². The highest BCUT2D eigenvalue weighted by Crippen LogP contribution is 2.35. The number of benzene rings is 2. The van der Waals surface area contributed by atoms with E-state index >= 15 is 0 Å². The number of hydrogen-bond donors (Lipinski definition) is 2. The molecule has 2 aromatic heterocycles. The lowest BCUT2D eigenvalue weighted by Gasteiger charge is -2.10. The fourth-order valence-electron chi connectivity index (χ4n) is 3.77. The van der Waals surface area contributed by atoms with E-state index in [0.29, 0.717) is 30.2 Å². The number of aryl methyl sites for hydroxylation is 1.